The molecule has 3 heterocycles. The number of hydrogen-bond acceptors (Lipinski definition) is 4. The molecule has 0 N–H and O–H groups in total. The fourth-order valence-electron chi connectivity index (χ4n) is 4.69. The van der Waals surface area contributed by atoms with Gasteiger partial charge >= 0.3 is 0 Å². The molecular formula is C23H29FN4O. The Morgan fingerprint density at radius 3 is 2.59 bits per heavy atom. The Labute approximate surface area is 172 Å². The molecule has 1 aromatic heterocycles. The van der Waals surface area contributed by atoms with Gasteiger partial charge < -0.3 is 4.90 Å². The molecule has 0 bridgehead atoms. The average Bonchev–Trinajstić information content (AvgIpc) is 2.79. The molecule has 0 saturated carbocycles. The van der Waals surface area contributed by atoms with Crippen LogP contribution in [0.15, 0.2) is 42.9 Å². The molecule has 0 radical (unpaired) electrons. The lowest BCUT2D eigenvalue weighted by atomic mass is 9.89. The van der Waals surface area contributed by atoms with Crippen molar-refractivity contribution in [1.29, 1.82) is 0 Å². The van der Waals surface area contributed by atoms with Gasteiger partial charge in [-0.1, -0.05) is 12.1 Å². The van der Waals surface area contributed by atoms with E-state index in [1.54, 1.807) is 30.7 Å². The zero-order valence-corrected chi connectivity index (χ0v) is 16.8. The monoisotopic (exact) mass is 396 g/mol. The van der Waals surface area contributed by atoms with Crippen LogP contribution < -0.4 is 0 Å². The van der Waals surface area contributed by atoms with Crippen molar-refractivity contribution >= 4 is 5.91 Å². The Kier molecular flexibility index (Phi) is 6.49. The number of aromatic nitrogens is 2. The highest BCUT2D eigenvalue weighted by atomic mass is 19.1. The van der Waals surface area contributed by atoms with Gasteiger partial charge in [0, 0.05) is 38.1 Å². The van der Waals surface area contributed by atoms with Crippen LogP contribution in [0.25, 0.3) is 0 Å². The SMILES string of the molecule is O=C(c1cnccn1)N1CCC(N2CCCC(CCc3ccc(F)cc3)C2)CC1. The number of nitrogens with zero attached hydrogens (tertiary/aromatic N) is 4. The highest BCUT2D eigenvalue weighted by molar-refractivity contribution is 5.92. The first kappa shape index (κ1) is 20.0. The van der Waals surface area contributed by atoms with E-state index < -0.39 is 0 Å². The molecule has 0 spiro atoms. The van der Waals surface area contributed by atoms with E-state index in [-0.39, 0.29) is 11.7 Å². The molecule has 4 rings (SSSR count). The number of likely N-dealkylation sites (tertiary alicyclic amines) is 2. The molecule has 1 unspecified atom stereocenters. The predicted molar refractivity (Wildman–Crippen MR) is 110 cm³/mol. The lowest BCUT2D eigenvalue weighted by Gasteiger charge is -2.42. The number of amides is 1. The van der Waals surface area contributed by atoms with Crippen molar-refractivity contribution < 1.29 is 9.18 Å². The topological polar surface area (TPSA) is 49.3 Å². The average molecular weight is 397 g/mol. The maximum absolute atomic E-state index is 13.1. The van der Waals surface area contributed by atoms with E-state index in [1.807, 2.05) is 17.0 Å². The lowest BCUT2D eigenvalue weighted by Crippen LogP contribution is -2.49. The first-order valence-electron chi connectivity index (χ1n) is 10.7. The van der Waals surface area contributed by atoms with Crippen LogP contribution in [0.1, 0.15) is 48.2 Å². The summed E-state index contributed by atoms with van der Waals surface area (Å²) in [5, 5.41) is 0. The minimum atomic E-state index is -0.165. The third kappa shape index (κ3) is 5.18. The smallest absolute Gasteiger partial charge is 0.274 e. The molecule has 1 atom stereocenters. The fourth-order valence-corrected chi connectivity index (χ4v) is 4.69. The molecule has 2 saturated heterocycles. The number of carbonyl (C=O) groups is 1. The minimum absolute atomic E-state index is 0.00707. The molecular weight excluding hydrogens is 367 g/mol. The van der Waals surface area contributed by atoms with E-state index in [0.717, 1.165) is 51.9 Å². The molecule has 5 nitrogen and oxygen atoms in total. The number of benzene rings is 1. The zero-order valence-electron chi connectivity index (χ0n) is 16.8. The summed E-state index contributed by atoms with van der Waals surface area (Å²) in [6, 6.07) is 7.48. The predicted octanol–water partition coefficient (Wildman–Crippen LogP) is 3.57. The van der Waals surface area contributed by atoms with Crippen LogP contribution in [0.2, 0.25) is 0 Å². The number of aryl methyl sites for hydroxylation is 1. The third-order valence-electron chi connectivity index (χ3n) is 6.36. The molecule has 1 amide bonds. The number of carbonyl (C=O) groups excluding carboxylic acids is 1. The van der Waals surface area contributed by atoms with Crippen LogP contribution in [-0.4, -0.2) is 57.9 Å². The molecule has 0 aliphatic carbocycles. The van der Waals surface area contributed by atoms with E-state index in [1.165, 1.54) is 18.4 Å². The highest BCUT2D eigenvalue weighted by Crippen LogP contribution is 2.27. The summed E-state index contributed by atoms with van der Waals surface area (Å²) in [7, 11) is 0. The van der Waals surface area contributed by atoms with Crippen molar-refractivity contribution in [2.45, 2.75) is 44.6 Å². The van der Waals surface area contributed by atoms with E-state index in [4.69, 9.17) is 0 Å². The van der Waals surface area contributed by atoms with Gasteiger partial charge in [0.25, 0.3) is 5.91 Å². The van der Waals surface area contributed by atoms with Gasteiger partial charge in [-0.3, -0.25) is 14.7 Å². The summed E-state index contributed by atoms with van der Waals surface area (Å²) in [6.07, 6.45) is 11.5. The Balaban J connectivity index is 1.25. The summed E-state index contributed by atoms with van der Waals surface area (Å²) in [6.45, 7) is 3.88. The van der Waals surface area contributed by atoms with Gasteiger partial charge in [0.2, 0.25) is 0 Å². The van der Waals surface area contributed by atoms with Gasteiger partial charge in [0.1, 0.15) is 11.5 Å². The van der Waals surface area contributed by atoms with Crippen molar-refractivity contribution in [3.63, 3.8) is 0 Å². The summed E-state index contributed by atoms with van der Waals surface area (Å²) in [5.74, 6) is 0.530. The van der Waals surface area contributed by atoms with E-state index in [0.29, 0.717) is 17.7 Å². The molecule has 29 heavy (non-hydrogen) atoms. The molecule has 2 aliphatic heterocycles. The first-order valence-corrected chi connectivity index (χ1v) is 10.7. The van der Waals surface area contributed by atoms with Gasteiger partial charge in [-0.25, -0.2) is 9.37 Å². The maximum Gasteiger partial charge on any atom is 0.274 e. The van der Waals surface area contributed by atoms with Crippen molar-refractivity contribution in [2.75, 3.05) is 26.2 Å². The van der Waals surface area contributed by atoms with Crippen LogP contribution in [0.5, 0.6) is 0 Å². The summed E-state index contributed by atoms with van der Waals surface area (Å²) < 4.78 is 13.1. The standard InChI is InChI=1S/C23H29FN4O/c24-20-7-5-18(6-8-20)3-4-19-2-1-13-28(17-19)21-9-14-27(15-10-21)23(29)22-16-25-11-12-26-22/h5-8,11-12,16,19,21H,1-4,9-10,13-15,17H2. The van der Waals surface area contributed by atoms with E-state index in [9.17, 15) is 9.18 Å². The van der Waals surface area contributed by atoms with Crippen molar-refractivity contribution in [2.24, 2.45) is 5.92 Å². The molecule has 1 aromatic carbocycles. The summed E-state index contributed by atoms with van der Waals surface area (Å²) in [4.78, 5) is 25.3. The second-order valence-electron chi connectivity index (χ2n) is 8.28. The lowest BCUT2D eigenvalue weighted by molar-refractivity contribution is 0.0517. The number of piperidine rings is 2. The minimum Gasteiger partial charge on any atom is -0.337 e. The van der Waals surface area contributed by atoms with Gasteiger partial charge in [-0.2, -0.15) is 0 Å². The van der Waals surface area contributed by atoms with Crippen molar-refractivity contribution in [3.05, 3.63) is 59.9 Å². The van der Waals surface area contributed by atoms with Crippen LogP contribution >= 0.6 is 0 Å². The largest absolute Gasteiger partial charge is 0.337 e. The highest BCUT2D eigenvalue weighted by Gasteiger charge is 2.30. The zero-order chi connectivity index (χ0) is 20.1. The Morgan fingerprint density at radius 1 is 1.07 bits per heavy atom. The molecule has 2 aromatic rings. The molecule has 2 fully saturated rings. The summed E-state index contributed by atoms with van der Waals surface area (Å²) in [5.41, 5.74) is 1.66. The Bertz CT molecular complexity index is 790. The van der Waals surface area contributed by atoms with Gasteiger partial charge in [-0.15, -0.1) is 0 Å². The third-order valence-corrected chi connectivity index (χ3v) is 6.36. The Morgan fingerprint density at radius 2 is 1.86 bits per heavy atom. The maximum atomic E-state index is 13.1. The molecule has 6 heteroatoms. The number of halogens is 1. The van der Waals surface area contributed by atoms with Gasteiger partial charge in [0.05, 0.1) is 6.20 Å². The molecule has 154 valence electrons. The fraction of sp³-hybridized carbons (Fsp3) is 0.522. The second-order valence-corrected chi connectivity index (χ2v) is 8.28. The number of hydrogen-bond donors (Lipinski definition) is 0. The van der Waals surface area contributed by atoms with Crippen molar-refractivity contribution in [1.82, 2.24) is 19.8 Å². The number of rotatable bonds is 5. The second kappa shape index (κ2) is 9.44. The van der Waals surface area contributed by atoms with Crippen molar-refractivity contribution in [3.8, 4) is 0 Å². The van der Waals surface area contributed by atoms with Crippen LogP contribution in [-0.2, 0) is 6.42 Å². The van der Waals surface area contributed by atoms with E-state index in [2.05, 4.69) is 14.9 Å². The van der Waals surface area contributed by atoms with Gasteiger partial charge in [0.15, 0.2) is 0 Å². The first-order chi connectivity index (χ1) is 14.2. The Hall–Kier alpha value is -2.34. The normalized spacial score (nSPS) is 21.3. The van der Waals surface area contributed by atoms with Crippen LogP contribution in [0, 0.1) is 11.7 Å². The van der Waals surface area contributed by atoms with Crippen LogP contribution in [0.4, 0.5) is 4.39 Å². The van der Waals surface area contributed by atoms with E-state index >= 15 is 0 Å². The van der Waals surface area contributed by atoms with Gasteiger partial charge in [-0.05, 0) is 68.7 Å². The molecule has 2 aliphatic rings. The summed E-state index contributed by atoms with van der Waals surface area (Å²) >= 11 is 0. The van der Waals surface area contributed by atoms with Crippen LogP contribution in [0.3, 0.4) is 0 Å². The quantitative estimate of drug-likeness (QED) is 0.775.